The van der Waals surface area contributed by atoms with Crippen LogP contribution in [-0.2, 0) is 0 Å². The first-order valence-electron chi connectivity index (χ1n) is 7.24. The maximum Gasteiger partial charge on any atom is 0.0431 e. The van der Waals surface area contributed by atoms with Gasteiger partial charge in [-0.25, -0.2) is 0 Å². The molecule has 2 aliphatic carbocycles. The van der Waals surface area contributed by atoms with Crippen LogP contribution in [0.4, 0.5) is 0 Å². The van der Waals surface area contributed by atoms with E-state index in [1.54, 1.807) is 0 Å². The highest BCUT2D eigenvalue weighted by Crippen LogP contribution is 2.40. The Morgan fingerprint density at radius 3 is 2.56 bits per heavy atom. The summed E-state index contributed by atoms with van der Waals surface area (Å²) >= 11 is 0. The highest BCUT2D eigenvalue weighted by atomic mass is 16.2. The van der Waals surface area contributed by atoms with Crippen LogP contribution in [0.3, 0.4) is 0 Å². The van der Waals surface area contributed by atoms with E-state index in [4.69, 9.17) is 5.11 Å². The van der Waals surface area contributed by atoms with Gasteiger partial charge in [-0.2, -0.15) is 0 Å². The molecule has 2 nitrogen and oxygen atoms in total. The smallest absolute Gasteiger partial charge is 0.0431 e. The molecule has 0 bridgehead atoms. The lowest BCUT2D eigenvalue weighted by atomic mass is 9.69. The molecule has 3 atom stereocenters. The summed E-state index contributed by atoms with van der Waals surface area (Å²) in [7, 11) is 0. The van der Waals surface area contributed by atoms with Crippen molar-refractivity contribution in [1.82, 2.24) is 5.32 Å². The Hall–Kier alpha value is -0.0800. The number of hydrogen-bond acceptors (Lipinski definition) is 2. The van der Waals surface area contributed by atoms with E-state index in [0.717, 1.165) is 37.3 Å². The average molecular weight is 225 g/mol. The maximum absolute atomic E-state index is 8.73. The van der Waals surface area contributed by atoms with Gasteiger partial charge in [0.25, 0.3) is 0 Å². The molecule has 2 N–H and O–H groups in total. The lowest BCUT2D eigenvalue weighted by Gasteiger charge is -2.39. The molecule has 0 spiro atoms. The molecule has 0 aliphatic heterocycles. The maximum atomic E-state index is 8.73. The van der Waals surface area contributed by atoms with E-state index in [-0.39, 0.29) is 0 Å². The van der Waals surface area contributed by atoms with Gasteiger partial charge in [0.1, 0.15) is 0 Å². The molecule has 94 valence electrons. The van der Waals surface area contributed by atoms with E-state index in [0.29, 0.717) is 6.61 Å². The summed E-state index contributed by atoms with van der Waals surface area (Å²) in [6.45, 7) is 1.44. The molecule has 0 radical (unpaired) electrons. The molecular formula is C14H27NO. The van der Waals surface area contributed by atoms with Crippen LogP contribution >= 0.6 is 0 Å². The van der Waals surface area contributed by atoms with Crippen LogP contribution in [0.1, 0.15) is 57.8 Å². The van der Waals surface area contributed by atoms with Crippen molar-refractivity contribution < 1.29 is 5.11 Å². The van der Waals surface area contributed by atoms with Crippen molar-refractivity contribution in [1.29, 1.82) is 0 Å². The molecule has 0 amide bonds. The first-order valence-corrected chi connectivity index (χ1v) is 7.24. The van der Waals surface area contributed by atoms with Crippen LogP contribution in [0.5, 0.6) is 0 Å². The van der Waals surface area contributed by atoms with E-state index < -0.39 is 0 Å². The zero-order chi connectivity index (χ0) is 11.2. The topological polar surface area (TPSA) is 32.3 Å². The van der Waals surface area contributed by atoms with Gasteiger partial charge < -0.3 is 10.4 Å². The quantitative estimate of drug-likeness (QED) is 0.705. The third-order valence-corrected chi connectivity index (χ3v) is 4.56. The second-order valence-corrected chi connectivity index (χ2v) is 5.70. The molecule has 2 saturated carbocycles. The summed E-state index contributed by atoms with van der Waals surface area (Å²) in [5.74, 6) is 2.09. The van der Waals surface area contributed by atoms with E-state index >= 15 is 0 Å². The summed E-state index contributed by atoms with van der Waals surface area (Å²) in [6.07, 6.45) is 12.3. The fraction of sp³-hybridized carbons (Fsp3) is 1.00. The Morgan fingerprint density at radius 1 is 0.938 bits per heavy atom. The lowest BCUT2D eigenvalue weighted by molar-refractivity contribution is 0.143. The predicted octanol–water partition coefficient (Wildman–Crippen LogP) is 2.71. The zero-order valence-corrected chi connectivity index (χ0v) is 10.5. The van der Waals surface area contributed by atoms with Gasteiger partial charge in [-0.15, -0.1) is 0 Å². The van der Waals surface area contributed by atoms with E-state index in [2.05, 4.69) is 5.32 Å². The largest absolute Gasteiger partial charge is 0.396 e. The van der Waals surface area contributed by atoms with Gasteiger partial charge in [0, 0.05) is 12.6 Å². The molecule has 0 heterocycles. The predicted molar refractivity (Wildman–Crippen MR) is 67.4 cm³/mol. The van der Waals surface area contributed by atoms with Crippen LogP contribution in [0.25, 0.3) is 0 Å². The van der Waals surface area contributed by atoms with Crippen molar-refractivity contribution in [2.24, 2.45) is 11.8 Å². The highest BCUT2D eigenvalue weighted by Gasteiger charge is 2.31. The standard InChI is InChI=1S/C14H27NO/c16-10-4-3-9-15-14-8-7-12-5-1-2-6-13(12)11-14/h12-16H,1-11H2. The van der Waals surface area contributed by atoms with Crippen LogP contribution in [0, 0.1) is 11.8 Å². The number of nitrogens with one attached hydrogen (secondary N) is 1. The summed E-state index contributed by atoms with van der Waals surface area (Å²) in [5, 5.41) is 12.4. The minimum Gasteiger partial charge on any atom is -0.396 e. The first kappa shape index (κ1) is 12.4. The van der Waals surface area contributed by atoms with Crippen LogP contribution in [-0.4, -0.2) is 24.3 Å². The monoisotopic (exact) mass is 225 g/mol. The number of unbranched alkanes of at least 4 members (excludes halogenated alkanes) is 1. The SMILES string of the molecule is OCCCCNC1CCC2CCCCC2C1. The van der Waals surface area contributed by atoms with Crippen LogP contribution in [0.2, 0.25) is 0 Å². The molecule has 0 aromatic carbocycles. The summed E-state index contributed by atoms with van der Waals surface area (Å²) in [5.41, 5.74) is 0. The molecular weight excluding hydrogens is 198 g/mol. The van der Waals surface area contributed by atoms with Crippen LogP contribution in [0.15, 0.2) is 0 Å². The minimum absolute atomic E-state index is 0.344. The second-order valence-electron chi connectivity index (χ2n) is 5.70. The lowest BCUT2D eigenvalue weighted by Crippen LogP contribution is -2.39. The molecule has 0 saturated heterocycles. The van der Waals surface area contributed by atoms with E-state index in [1.165, 1.54) is 44.9 Å². The number of fused-ring (bicyclic) bond motifs is 1. The average Bonchev–Trinajstić information content (AvgIpc) is 2.34. The molecule has 2 fully saturated rings. The van der Waals surface area contributed by atoms with Gasteiger partial charge in [0.2, 0.25) is 0 Å². The van der Waals surface area contributed by atoms with Gasteiger partial charge in [-0.1, -0.05) is 25.7 Å². The van der Waals surface area contributed by atoms with Crippen molar-refractivity contribution in [2.45, 2.75) is 63.8 Å². The molecule has 3 unspecified atom stereocenters. The highest BCUT2D eigenvalue weighted by molar-refractivity contribution is 4.86. The Morgan fingerprint density at radius 2 is 1.75 bits per heavy atom. The summed E-state index contributed by atoms with van der Waals surface area (Å²) < 4.78 is 0. The van der Waals surface area contributed by atoms with Crippen molar-refractivity contribution in [3.8, 4) is 0 Å². The van der Waals surface area contributed by atoms with Gasteiger partial charge in [0.15, 0.2) is 0 Å². The van der Waals surface area contributed by atoms with Crippen molar-refractivity contribution in [3.05, 3.63) is 0 Å². The Kier molecular flexibility index (Phi) is 5.11. The number of hydrogen-bond donors (Lipinski definition) is 2. The Bertz CT molecular complexity index is 195. The van der Waals surface area contributed by atoms with E-state index in [1.807, 2.05) is 0 Å². The molecule has 0 aromatic heterocycles. The zero-order valence-electron chi connectivity index (χ0n) is 10.5. The fourth-order valence-corrected chi connectivity index (χ4v) is 3.60. The Balaban J connectivity index is 1.65. The van der Waals surface area contributed by atoms with Crippen molar-refractivity contribution in [2.75, 3.05) is 13.2 Å². The van der Waals surface area contributed by atoms with Crippen LogP contribution < -0.4 is 5.32 Å². The third-order valence-electron chi connectivity index (χ3n) is 4.56. The normalized spacial score (nSPS) is 34.7. The molecule has 0 aromatic rings. The number of rotatable bonds is 5. The fourth-order valence-electron chi connectivity index (χ4n) is 3.60. The van der Waals surface area contributed by atoms with Crippen molar-refractivity contribution in [3.63, 3.8) is 0 Å². The van der Waals surface area contributed by atoms with Gasteiger partial charge >= 0.3 is 0 Å². The molecule has 2 aliphatic rings. The van der Waals surface area contributed by atoms with Gasteiger partial charge in [0.05, 0.1) is 0 Å². The number of aliphatic hydroxyl groups is 1. The second kappa shape index (κ2) is 6.61. The van der Waals surface area contributed by atoms with Gasteiger partial charge in [-0.05, 0) is 50.5 Å². The summed E-state index contributed by atoms with van der Waals surface area (Å²) in [4.78, 5) is 0. The third kappa shape index (κ3) is 3.46. The molecule has 2 heteroatoms. The Labute approximate surface area is 99.8 Å². The molecule has 16 heavy (non-hydrogen) atoms. The number of aliphatic hydroxyl groups excluding tert-OH is 1. The summed E-state index contributed by atoms with van der Waals surface area (Å²) in [6, 6.07) is 0.776. The minimum atomic E-state index is 0.344. The first-order chi connectivity index (χ1) is 7.90. The van der Waals surface area contributed by atoms with Gasteiger partial charge in [-0.3, -0.25) is 0 Å². The van der Waals surface area contributed by atoms with E-state index in [9.17, 15) is 0 Å². The van der Waals surface area contributed by atoms with Crippen molar-refractivity contribution >= 4 is 0 Å². The molecule has 2 rings (SSSR count).